The summed E-state index contributed by atoms with van der Waals surface area (Å²) in [6.45, 7) is -0.516. The van der Waals surface area contributed by atoms with Crippen LogP contribution in [-0.2, 0) is 9.47 Å². The molecular weight excluding hydrogens is 424 g/mol. The number of aromatic nitrogens is 1. The van der Waals surface area contributed by atoms with E-state index in [4.69, 9.17) is 9.47 Å². The van der Waals surface area contributed by atoms with Crippen molar-refractivity contribution in [3.05, 3.63) is 71.4 Å². The Morgan fingerprint density at radius 2 is 1.85 bits per heavy atom. The minimum Gasteiger partial charge on any atom is -0.394 e. The molecule has 7 atom stereocenters. The van der Waals surface area contributed by atoms with E-state index in [1.807, 2.05) is 54.8 Å². The van der Waals surface area contributed by atoms with E-state index in [0.717, 1.165) is 38.7 Å². The summed E-state index contributed by atoms with van der Waals surface area (Å²) in [6.07, 6.45) is 2.39. The Balaban J connectivity index is 1.50. The molecule has 0 saturated carbocycles. The summed E-state index contributed by atoms with van der Waals surface area (Å²) in [4.78, 5) is 4.69. The molecule has 1 saturated heterocycles. The standard InChI is InChI=1S/C25H24N2O6/c28-11-17-21(29)22(30)23(31)25(32-17)33-24-15-7-2-1-6-14(15)19-18-13(9-10-26-19)12-5-3-4-8-16(12)27-20(18)24/h1-10,15,17,21-25,27-31H,11H2/t15?,17-,21-,22+,23-,24?,25+/m1/s1. The minimum atomic E-state index is -1.51. The molecule has 8 nitrogen and oxygen atoms in total. The van der Waals surface area contributed by atoms with Gasteiger partial charge in [-0.1, -0.05) is 42.5 Å². The van der Waals surface area contributed by atoms with Crippen LogP contribution in [0.2, 0.25) is 0 Å². The van der Waals surface area contributed by atoms with Crippen molar-refractivity contribution < 1.29 is 29.9 Å². The summed E-state index contributed by atoms with van der Waals surface area (Å²) in [6, 6.07) is 9.97. The van der Waals surface area contributed by atoms with E-state index < -0.39 is 43.4 Å². The maximum absolute atomic E-state index is 10.6. The number of aliphatic hydroxyl groups is 4. The molecule has 2 aliphatic carbocycles. The van der Waals surface area contributed by atoms with E-state index in [1.165, 1.54) is 0 Å². The van der Waals surface area contributed by atoms with Gasteiger partial charge in [0.2, 0.25) is 0 Å². The van der Waals surface area contributed by atoms with E-state index in [-0.39, 0.29) is 5.92 Å². The van der Waals surface area contributed by atoms with Gasteiger partial charge in [0.15, 0.2) is 6.29 Å². The van der Waals surface area contributed by atoms with E-state index in [0.29, 0.717) is 0 Å². The molecule has 1 aromatic carbocycles. The Hall–Kier alpha value is -2.85. The third-order valence-electron chi connectivity index (χ3n) is 6.78. The Morgan fingerprint density at radius 1 is 1.00 bits per heavy atom. The molecule has 2 aliphatic heterocycles. The van der Waals surface area contributed by atoms with Crippen LogP contribution in [0.25, 0.3) is 22.4 Å². The van der Waals surface area contributed by atoms with Crippen molar-refractivity contribution in [2.24, 2.45) is 5.92 Å². The number of rotatable bonds is 3. The topological polar surface area (TPSA) is 124 Å². The van der Waals surface area contributed by atoms with Crippen molar-refractivity contribution in [2.75, 3.05) is 11.9 Å². The zero-order chi connectivity index (χ0) is 22.7. The average Bonchev–Trinajstić information content (AvgIpc) is 2.86. The lowest BCUT2D eigenvalue weighted by Gasteiger charge is -2.43. The molecule has 33 heavy (non-hydrogen) atoms. The molecular formula is C25H24N2O6. The van der Waals surface area contributed by atoms with Gasteiger partial charge >= 0.3 is 0 Å². The number of benzene rings is 1. The van der Waals surface area contributed by atoms with Crippen molar-refractivity contribution in [1.29, 1.82) is 0 Å². The van der Waals surface area contributed by atoms with Crippen LogP contribution in [0.5, 0.6) is 0 Å². The fraction of sp³-hybridized carbons (Fsp3) is 0.320. The SMILES string of the molecule is OC[C@H]1O[C@@H](OC2C3=c4c(ccnc4=C4C=CC=CC42)-c2ccccc2N3)[C@H](O)[C@@H](O)[C@@H]1O. The number of anilines is 1. The summed E-state index contributed by atoms with van der Waals surface area (Å²) in [5.74, 6) is -0.217. The second-order valence-corrected chi connectivity index (χ2v) is 8.65. The smallest absolute Gasteiger partial charge is 0.187 e. The third-order valence-corrected chi connectivity index (χ3v) is 6.78. The van der Waals surface area contributed by atoms with Gasteiger partial charge in [0, 0.05) is 28.6 Å². The minimum absolute atomic E-state index is 0.217. The fourth-order valence-corrected chi connectivity index (χ4v) is 5.14. The maximum Gasteiger partial charge on any atom is 0.187 e. The zero-order valence-corrected chi connectivity index (χ0v) is 17.6. The zero-order valence-electron chi connectivity index (χ0n) is 17.6. The van der Waals surface area contributed by atoms with Gasteiger partial charge < -0.3 is 35.2 Å². The van der Waals surface area contributed by atoms with Crippen molar-refractivity contribution in [3.8, 4) is 11.1 Å². The molecule has 4 aliphatic rings. The molecule has 1 aromatic heterocycles. The van der Waals surface area contributed by atoms with E-state index in [2.05, 4.69) is 16.4 Å². The number of nitrogens with one attached hydrogen (secondary N) is 1. The molecule has 0 radical (unpaired) electrons. The summed E-state index contributed by atoms with van der Waals surface area (Å²) >= 11 is 0. The monoisotopic (exact) mass is 448 g/mol. The number of aliphatic hydroxyl groups excluding tert-OH is 4. The van der Waals surface area contributed by atoms with Gasteiger partial charge in [-0.2, -0.15) is 0 Å². The van der Waals surface area contributed by atoms with Gasteiger partial charge in [0.1, 0.15) is 30.5 Å². The fourth-order valence-electron chi connectivity index (χ4n) is 5.14. The van der Waals surface area contributed by atoms with Crippen molar-refractivity contribution in [3.63, 3.8) is 0 Å². The molecule has 0 bridgehead atoms. The molecule has 170 valence electrons. The number of para-hydroxylation sites is 1. The molecule has 3 heterocycles. The maximum atomic E-state index is 10.6. The highest BCUT2D eigenvalue weighted by molar-refractivity contribution is 5.91. The van der Waals surface area contributed by atoms with Gasteiger partial charge in [-0.05, 0) is 23.3 Å². The first-order chi connectivity index (χ1) is 16.1. The third kappa shape index (κ3) is 3.11. The molecule has 0 amide bonds. The van der Waals surface area contributed by atoms with Crippen LogP contribution < -0.4 is 15.9 Å². The predicted molar refractivity (Wildman–Crippen MR) is 120 cm³/mol. The Labute approximate surface area is 189 Å². The summed E-state index contributed by atoms with van der Waals surface area (Å²) in [5, 5.41) is 45.9. The average molecular weight is 448 g/mol. The highest BCUT2D eigenvalue weighted by atomic mass is 16.7. The van der Waals surface area contributed by atoms with Gasteiger partial charge in [0.05, 0.1) is 17.7 Å². The lowest BCUT2D eigenvalue weighted by atomic mass is 9.80. The summed E-state index contributed by atoms with van der Waals surface area (Å²) in [5.41, 5.74) is 4.78. The number of fused-ring (bicyclic) bond motifs is 3. The molecule has 1 fully saturated rings. The lowest BCUT2D eigenvalue weighted by Crippen LogP contribution is -2.60. The van der Waals surface area contributed by atoms with Crippen LogP contribution in [0.3, 0.4) is 0 Å². The van der Waals surface area contributed by atoms with Crippen molar-refractivity contribution in [1.82, 2.24) is 4.98 Å². The van der Waals surface area contributed by atoms with Crippen LogP contribution >= 0.6 is 0 Å². The number of hydrogen-bond donors (Lipinski definition) is 5. The quantitative estimate of drug-likeness (QED) is 0.421. The molecule has 8 heteroatoms. The Kier molecular flexibility index (Phi) is 4.95. The van der Waals surface area contributed by atoms with Crippen LogP contribution in [0.4, 0.5) is 5.69 Å². The van der Waals surface area contributed by atoms with Gasteiger partial charge in [-0.15, -0.1) is 0 Å². The highest BCUT2D eigenvalue weighted by Crippen LogP contribution is 2.38. The molecule has 5 N–H and O–H groups in total. The summed E-state index contributed by atoms with van der Waals surface area (Å²) < 4.78 is 12.0. The number of allylic oxidation sites excluding steroid dienone is 3. The Morgan fingerprint density at radius 3 is 2.70 bits per heavy atom. The number of nitrogens with zero attached hydrogens (tertiary/aromatic N) is 1. The molecule has 2 aromatic rings. The second kappa shape index (κ2) is 7.88. The second-order valence-electron chi connectivity index (χ2n) is 8.65. The van der Waals surface area contributed by atoms with Crippen molar-refractivity contribution in [2.45, 2.75) is 36.8 Å². The first-order valence-electron chi connectivity index (χ1n) is 11.0. The van der Waals surface area contributed by atoms with E-state index in [9.17, 15) is 20.4 Å². The molecule has 0 spiro atoms. The first-order valence-corrected chi connectivity index (χ1v) is 11.0. The predicted octanol–water partition coefficient (Wildman–Crippen LogP) is -0.626. The molecule has 6 rings (SSSR count). The van der Waals surface area contributed by atoms with Crippen molar-refractivity contribution >= 4 is 17.0 Å². The van der Waals surface area contributed by atoms with Crippen LogP contribution in [0, 0.1) is 5.92 Å². The number of hydrogen-bond acceptors (Lipinski definition) is 8. The van der Waals surface area contributed by atoms with Gasteiger partial charge in [-0.25, -0.2) is 0 Å². The van der Waals surface area contributed by atoms with Gasteiger partial charge in [-0.3, -0.25) is 4.98 Å². The van der Waals surface area contributed by atoms with Crippen LogP contribution in [0.1, 0.15) is 0 Å². The Bertz CT molecular complexity index is 1290. The number of ether oxygens (including phenoxy) is 2. The highest BCUT2D eigenvalue weighted by Gasteiger charge is 2.47. The lowest BCUT2D eigenvalue weighted by molar-refractivity contribution is -0.308. The number of pyridine rings is 1. The van der Waals surface area contributed by atoms with E-state index in [1.54, 1.807) is 0 Å². The normalized spacial score (nSPS) is 33.8. The van der Waals surface area contributed by atoms with E-state index >= 15 is 0 Å². The van der Waals surface area contributed by atoms with Crippen LogP contribution in [-0.4, -0.2) is 68.8 Å². The summed E-state index contributed by atoms with van der Waals surface area (Å²) in [7, 11) is 0. The van der Waals surface area contributed by atoms with Crippen LogP contribution in [0.15, 0.2) is 60.8 Å². The molecule has 2 unspecified atom stereocenters. The first kappa shape index (κ1) is 20.7. The van der Waals surface area contributed by atoms with Gasteiger partial charge in [0.25, 0.3) is 0 Å². The largest absolute Gasteiger partial charge is 0.394 e.